The Balaban J connectivity index is 1.21. The SMILES string of the molecule is CC(C)[C@@H]1CC[C@@H](C)C[C@H]1OC(=O)CCCN1CCC(OC(c2ccc(Cl)cc2)c2ccccn2)CC1. The van der Waals surface area contributed by atoms with Gasteiger partial charge in [-0.25, -0.2) is 0 Å². The number of carbonyl (C=O) groups excluding carboxylic acids is 1. The lowest BCUT2D eigenvalue weighted by atomic mass is 9.75. The summed E-state index contributed by atoms with van der Waals surface area (Å²) in [5.41, 5.74) is 1.98. The van der Waals surface area contributed by atoms with Crippen LogP contribution < -0.4 is 0 Å². The molecule has 2 aliphatic rings. The molecule has 2 heterocycles. The van der Waals surface area contributed by atoms with Crippen LogP contribution >= 0.6 is 11.6 Å². The van der Waals surface area contributed by atoms with Crippen LogP contribution in [-0.2, 0) is 14.3 Å². The summed E-state index contributed by atoms with van der Waals surface area (Å²) in [6, 6.07) is 13.8. The highest BCUT2D eigenvalue weighted by molar-refractivity contribution is 6.30. The fourth-order valence-electron chi connectivity index (χ4n) is 5.87. The quantitative estimate of drug-likeness (QED) is 0.309. The van der Waals surface area contributed by atoms with Crippen molar-refractivity contribution < 1.29 is 14.3 Å². The zero-order chi connectivity index (χ0) is 26.2. The molecule has 1 aromatic carbocycles. The number of aromatic nitrogens is 1. The molecule has 0 amide bonds. The van der Waals surface area contributed by atoms with Crippen molar-refractivity contribution >= 4 is 17.6 Å². The third-order valence-electron chi connectivity index (χ3n) is 8.09. The molecule has 1 aliphatic heterocycles. The first kappa shape index (κ1) is 28.1. The van der Waals surface area contributed by atoms with Gasteiger partial charge in [0.2, 0.25) is 0 Å². The molecule has 5 nitrogen and oxygen atoms in total. The highest BCUT2D eigenvalue weighted by Gasteiger charge is 2.33. The molecule has 37 heavy (non-hydrogen) atoms. The Morgan fingerprint density at radius 1 is 1.08 bits per heavy atom. The summed E-state index contributed by atoms with van der Waals surface area (Å²) in [5, 5.41) is 0.716. The second-order valence-corrected chi connectivity index (χ2v) is 11.8. The van der Waals surface area contributed by atoms with Crippen molar-refractivity contribution in [2.75, 3.05) is 19.6 Å². The molecule has 6 heteroatoms. The van der Waals surface area contributed by atoms with Crippen molar-refractivity contribution in [3.63, 3.8) is 0 Å². The summed E-state index contributed by atoms with van der Waals surface area (Å²) in [5.74, 6) is 1.69. The Morgan fingerprint density at radius 2 is 1.84 bits per heavy atom. The Labute approximate surface area is 227 Å². The number of hydrogen-bond donors (Lipinski definition) is 0. The van der Waals surface area contributed by atoms with Crippen LogP contribution in [-0.4, -0.2) is 47.7 Å². The Bertz CT molecular complexity index is 960. The molecule has 202 valence electrons. The van der Waals surface area contributed by atoms with Gasteiger partial charge in [-0.15, -0.1) is 0 Å². The van der Waals surface area contributed by atoms with Gasteiger partial charge in [-0.3, -0.25) is 9.78 Å². The number of ether oxygens (including phenoxy) is 2. The number of likely N-dealkylation sites (tertiary alicyclic amines) is 1. The minimum absolute atomic E-state index is 0.0239. The average molecular weight is 527 g/mol. The lowest BCUT2D eigenvalue weighted by molar-refractivity contribution is -0.156. The second kappa shape index (κ2) is 13.7. The smallest absolute Gasteiger partial charge is 0.306 e. The molecule has 1 saturated heterocycles. The van der Waals surface area contributed by atoms with Gasteiger partial charge in [0.25, 0.3) is 0 Å². The van der Waals surface area contributed by atoms with Crippen molar-refractivity contribution in [2.24, 2.45) is 17.8 Å². The van der Waals surface area contributed by atoms with Crippen LogP contribution in [0, 0.1) is 17.8 Å². The van der Waals surface area contributed by atoms with E-state index in [1.807, 2.05) is 48.7 Å². The van der Waals surface area contributed by atoms with Crippen molar-refractivity contribution in [3.8, 4) is 0 Å². The first-order chi connectivity index (χ1) is 17.9. The monoisotopic (exact) mass is 526 g/mol. The van der Waals surface area contributed by atoms with Gasteiger partial charge in [0.05, 0.1) is 11.8 Å². The zero-order valence-corrected chi connectivity index (χ0v) is 23.4. The van der Waals surface area contributed by atoms with E-state index in [9.17, 15) is 4.79 Å². The van der Waals surface area contributed by atoms with Crippen LogP contribution in [0.3, 0.4) is 0 Å². The molecule has 0 bridgehead atoms. The van der Waals surface area contributed by atoms with E-state index in [4.69, 9.17) is 21.1 Å². The predicted octanol–water partition coefficient (Wildman–Crippen LogP) is 7.09. The molecule has 2 fully saturated rings. The Kier molecular flexibility index (Phi) is 10.4. The van der Waals surface area contributed by atoms with Crippen molar-refractivity contribution in [3.05, 3.63) is 64.9 Å². The normalized spacial score (nSPS) is 24.2. The molecular formula is C31H43ClN2O3. The largest absolute Gasteiger partial charge is 0.462 e. The topological polar surface area (TPSA) is 51.7 Å². The molecule has 4 atom stereocenters. The molecule has 1 unspecified atom stereocenters. The lowest BCUT2D eigenvalue weighted by Gasteiger charge is -2.36. The minimum Gasteiger partial charge on any atom is -0.462 e. The van der Waals surface area contributed by atoms with Crippen molar-refractivity contribution in [1.82, 2.24) is 9.88 Å². The number of nitrogens with zero attached hydrogens (tertiary/aromatic N) is 2. The van der Waals surface area contributed by atoms with E-state index in [0.29, 0.717) is 29.2 Å². The maximum atomic E-state index is 12.6. The van der Waals surface area contributed by atoms with Crippen LogP contribution in [0.4, 0.5) is 0 Å². The summed E-state index contributed by atoms with van der Waals surface area (Å²) >= 11 is 6.11. The highest BCUT2D eigenvalue weighted by atomic mass is 35.5. The molecule has 1 aliphatic carbocycles. The van der Waals surface area contributed by atoms with E-state index in [-0.39, 0.29) is 24.3 Å². The van der Waals surface area contributed by atoms with Gasteiger partial charge in [-0.05, 0) is 86.2 Å². The molecule has 0 radical (unpaired) electrons. The van der Waals surface area contributed by atoms with Crippen molar-refractivity contribution in [2.45, 2.75) is 84.0 Å². The molecular weight excluding hydrogens is 484 g/mol. The number of halogens is 1. The van der Waals surface area contributed by atoms with Gasteiger partial charge in [-0.2, -0.15) is 0 Å². The van der Waals surface area contributed by atoms with E-state index >= 15 is 0 Å². The van der Waals surface area contributed by atoms with Gasteiger partial charge < -0.3 is 14.4 Å². The molecule has 2 aromatic rings. The maximum Gasteiger partial charge on any atom is 0.306 e. The third-order valence-corrected chi connectivity index (χ3v) is 8.34. The molecule has 0 spiro atoms. The van der Waals surface area contributed by atoms with E-state index in [2.05, 4.69) is 30.7 Å². The average Bonchev–Trinajstić information content (AvgIpc) is 2.89. The predicted molar refractivity (Wildman–Crippen MR) is 149 cm³/mol. The number of pyridine rings is 1. The number of piperidine rings is 1. The first-order valence-corrected chi connectivity index (χ1v) is 14.5. The van der Waals surface area contributed by atoms with Gasteiger partial charge in [0.1, 0.15) is 12.2 Å². The molecule has 4 rings (SSSR count). The van der Waals surface area contributed by atoms with Gasteiger partial charge >= 0.3 is 5.97 Å². The zero-order valence-electron chi connectivity index (χ0n) is 22.7. The van der Waals surface area contributed by atoms with Crippen LogP contribution in [0.5, 0.6) is 0 Å². The third kappa shape index (κ3) is 8.27. The van der Waals surface area contributed by atoms with Gasteiger partial charge in [0, 0.05) is 30.7 Å². The highest BCUT2D eigenvalue weighted by Crippen LogP contribution is 2.35. The Hall–Kier alpha value is -1.95. The standard InChI is InChI=1S/C31H43ClN2O3/c1-22(2)27-14-9-23(3)21-29(27)37-30(35)8-6-18-34-19-15-26(16-20-34)36-31(28-7-4-5-17-33-28)24-10-12-25(32)13-11-24/h4-5,7,10-13,17,22-23,26-27,29,31H,6,8-9,14-16,18-21H2,1-3H3/t23-,27+,29-,31?/m1/s1. The fourth-order valence-corrected chi connectivity index (χ4v) is 6.00. The van der Waals surface area contributed by atoms with Gasteiger partial charge in [0.15, 0.2) is 0 Å². The summed E-state index contributed by atoms with van der Waals surface area (Å²) in [4.78, 5) is 19.6. The lowest BCUT2D eigenvalue weighted by Crippen LogP contribution is -2.38. The first-order valence-electron chi connectivity index (χ1n) is 14.1. The van der Waals surface area contributed by atoms with Crippen LogP contribution in [0.25, 0.3) is 0 Å². The summed E-state index contributed by atoms with van der Waals surface area (Å²) in [6.45, 7) is 9.66. The molecule has 0 N–H and O–H groups in total. The summed E-state index contributed by atoms with van der Waals surface area (Å²) in [6.07, 6.45) is 8.60. The van der Waals surface area contributed by atoms with Crippen LogP contribution in [0.1, 0.15) is 83.1 Å². The molecule has 1 aromatic heterocycles. The van der Waals surface area contributed by atoms with Crippen molar-refractivity contribution in [1.29, 1.82) is 0 Å². The number of rotatable bonds is 10. The van der Waals surface area contributed by atoms with Crippen LogP contribution in [0.2, 0.25) is 5.02 Å². The summed E-state index contributed by atoms with van der Waals surface area (Å²) < 4.78 is 12.6. The van der Waals surface area contributed by atoms with Gasteiger partial charge in [-0.1, -0.05) is 57.0 Å². The van der Waals surface area contributed by atoms with E-state index in [1.54, 1.807) is 0 Å². The van der Waals surface area contributed by atoms with E-state index < -0.39 is 0 Å². The fraction of sp³-hybridized carbons (Fsp3) is 0.613. The Morgan fingerprint density at radius 3 is 2.51 bits per heavy atom. The minimum atomic E-state index is -0.207. The molecule has 1 saturated carbocycles. The second-order valence-electron chi connectivity index (χ2n) is 11.3. The van der Waals surface area contributed by atoms with E-state index in [1.165, 1.54) is 12.8 Å². The van der Waals surface area contributed by atoms with E-state index in [0.717, 1.165) is 56.6 Å². The number of carbonyl (C=O) groups is 1. The summed E-state index contributed by atoms with van der Waals surface area (Å²) in [7, 11) is 0. The number of benzene rings is 1. The maximum absolute atomic E-state index is 12.6. The number of hydrogen-bond acceptors (Lipinski definition) is 5. The van der Waals surface area contributed by atoms with Crippen LogP contribution in [0.15, 0.2) is 48.7 Å². The number of esters is 1.